The van der Waals surface area contributed by atoms with Gasteiger partial charge < -0.3 is 11.1 Å². The number of benzene rings is 1. The highest BCUT2D eigenvalue weighted by Gasteiger charge is 2.04. The minimum absolute atomic E-state index is 0.422. The topological polar surface area (TPSA) is 85.8 Å². The molecule has 0 spiro atoms. The molecule has 0 saturated heterocycles. The Hall–Kier alpha value is -2.21. The van der Waals surface area contributed by atoms with Crippen LogP contribution in [0.25, 0.3) is 0 Å². The van der Waals surface area contributed by atoms with E-state index in [1.54, 1.807) is 16.8 Å². The molecule has 1 aromatic carbocycles. The maximum absolute atomic E-state index is 11.2. The summed E-state index contributed by atoms with van der Waals surface area (Å²) in [5.74, 6) is 0.186. The fraction of sp³-hybridized carbons (Fsp3) is 0.400. The monoisotopic (exact) mass is 287 g/mol. The summed E-state index contributed by atoms with van der Waals surface area (Å²) in [6.07, 6.45) is 1.91. The molecule has 112 valence electrons. The highest BCUT2D eigenvalue weighted by Crippen LogP contribution is 2.07. The van der Waals surface area contributed by atoms with E-state index < -0.39 is 5.91 Å². The Labute approximate surface area is 124 Å². The third-order valence-electron chi connectivity index (χ3n) is 3.00. The number of nitrogens with two attached hydrogens (primary N) is 1. The first-order valence-electron chi connectivity index (χ1n) is 7.03. The maximum Gasteiger partial charge on any atom is 0.248 e. The van der Waals surface area contributed by atoms with E-state index in [0.717, 1.165) is 17.8 Å². The van der Waals surface area contributed by atoms with Crippen molar-refractivity contribution in [3.63, 3.8) is 0 Å². The van der Waals surface area contributed by atoms with Crippen molar-refractivity contribution in [3.05, 3.63) is 47.3 Å². The molecule has 0 aliphatic heterocycles. The number of amides is 1. The van der Waals surface area contributed by atoms with Crippen molar-refractivity contribution < 1.29 is 4.79 Å². The molecular weight excluding hydrogens is 266 g/mol. The number of hydrogen-bond acceptors (Lipinski definition) is 4. The van der Waals surface area contributed by atoms with Gasteiger partial charge >= 0.3 is 0 Å². The van der Waals surface area contributed by atoms with Crippen LogP contribution in [0.3, 0.4) is 0 Å². The van der Waals surface area contributed by atoms with Crippen LogP contribution >= 0.6 is 0 Å². The van der Waals surface area contributed by atoms with E-state index in [9.17, 15) is 4.79 Å². The zero-order valence-electron chi connectivity index (χ0n) is 12.4. The van der Waals surface area contributed by atoms with Crippen molar-refractivity contribution in [1.29, 1.82) is 0 Å². The molecule has 1 heterocycles. The number of aromatic nitrogens is 3. The Kier molecular flexibility index (Phi) is 5.05. The number of hydrogen-bond donors (Lipinski definition) is 2. The van der Waals surface area contributed by atoms with Crippen LogP contribution in [0.15, 0.2) is 30.5 Å². The molecule has 0 radical (unpaired) electrons. The van der Waals surface area contributed by atoms with Crippen molar-refractivity contribution in [1.82, 2.24) is 20.3 Å². The molecule has 21 heavy (non-hydrogen) atoms. The normalized spacial score (nSPS) is 11.0. The molecule has 1 aromatic heterocycles. The Morgan fingerprint density at radius 3 is 2.95 bits per heavy atom. The molecule has 2 rings (SSSR count). The van der Waals surface area contributed by atoms with E-state index in [0.29, 0.717) is 24.6 Å². The summed E-state index contributed by atoms with van der Waals surface area (Å²) in [5, 5.41) is 11.5. The average Bonchev–Trinajstić information content (AvgIpc) is 2.86. The number of primary amides is 1. The van der Waals surface area contributed by atoms with Crippen molar-refractivity contribution in [2.24, 2.45) is 11.7 Å². The summed E-state index contributed by atoms with van der Waals surface area (Å²) in [5.41, 5.74) is 7.66. The van der Waals surface area contributed by atoms with Crippen LogP contribution < -0.4 is 11.1 Å². The van der Waals surface area contributed by atoms with Gasteiger partial charge in [-0.25, -0.2) is 4.68 Å². The van der Waals surface area contributed by atoms with Crippen LogP contribution in [-0.2, 0) is 13.1 Å². The lowest BCUT2D eigenvalue weighted by Crippen LogP contribution is -2.19. The number of carbonyl (C=O) groups excluding carboxylic acids is 1. The SMILES string of the molecule is CC(C)CNCc1cn(Cc2cccc(C(N)=O)c2)nn1. The fourth-order valence-electron chi connectivity index (χ4n) is 2.00. The van der Waals surface area contributed by atoms with Gasteiger partial charge in [-0.2, -0.15) is 0 Å². The van der Waals surface area contributed by atoms with Crippen molar-refractivity contribution in [2.75, 3.05) is 6.54 Å². The Bertz CT molecular complexity index is 606. The third kappa shape index (κ3) is 4.68. The molecule has 0 unspecified atom stereocenters. The lowest BCUT2D eigenvalue weighted by atomic mass is 10.1. The molecule has 0 saturated carbocycles. The smallest absolute Gasteiger partial charge is 0.248 e. The minimum atomic E-state index is -0.422. The predicted octanol–water partition coefficient (Wildman–Crippen LogP) is 1.17. The maximum atomic E-state index is 11.2. The van der Waals surface area contributed by atoms with E-state index in [-0.39, 0.29) is 0 Å². The highest BCUT2D eigenvalue weighted by molar-refractivity contribution is 5.92. The molecule has 3 N–H and O–H groups in total. The Balaban J connectivity index is 1.96. The second-order valence-electron chi connectivity index (χ2n) is 5.50. The van der Waals surface area contributed by atoms with Crippen LogP contribution in [0.2, 0.25) is 0 Å². The van der Waals surface area contributed by atoms with Gasteiger partial charge in [0, 0.05) is 12.1 Å². The van der Waals surface area contributed by atoms with Crippen LogP contribution in [-0.4, -0.2) is 27.4 Å². The van der Waals surface area contributed by atoms with Crippen molar-refractivity contribution in [3.8, 4) is 0 Å². The van der Waals surface area contributed by atoms with Crippen LogP contribution in [0.5, 0.6) is 0 Å². The van der Waals surface area contributed by atoms with Gasteiger partial charge in [-0.1, -0.05) is 31.2 Å². The zero-order chi connectivity index (χ0) is 15.2. The predicted molar refractivity (Wildman–Crippen MR) is 80.6 cm³/mol. The van der Waals surface area contributed by atoms with E-state index in [4.69, 9.17) is 5.73 Å². The first-order chi connectivity index (χ1) is 10.0. The molecule has 0 fully saturated rings. The Morgan fingerprint density at radius 2 is 2.24 bits per heavy atom. The lowest BCUT2D eigenvalue weighted by molar-refractivity contribution is 0.1000. The standard InChI is InChI=1S/C15H21N5O/c1-11(2)7-17-8-14-10-20(19-18-14)9-12-4-3-5-13(6-12)15(16)21/h3-6,10-11,17H,7-9H2,1-2H3,(H2,16,21). The number of carbonyl (C=O) groups is 1. The van der Waals surface area contributed by atoms with E-state index in [1.165, 1.54) is 0 Å². The first-order valence-corrected chi connectivity index (χ1v) is 7.03. The summed E-state index contributed by atoms with van der Waals surface area (Å²) in [4.78, 5) is 11.2. The number of nitrogens with one attached hydrogen (secondary N) is 1. The molecule has 0 atom stereocenters. The number of nitrogens with zero attached hydrogens (tertiary/aromatic N) is 3. The summed E-state index contributed by atoms with van der Waals surface area (Å²) < 4.78 is 1.76. The summed E-state index contributed by atoms with van der Waals surface area (Å²) in [7, 11) is 0. The summed E-state index contributed by atoms with van der Waals surface area (Å²) >= 11 is 0. The molecule has 6 heteroatoms. The van der Waals surface area contributed by atoms with Gasteiger partial charge in [0.05, 0.1) is 18.4 Å². The molecular formula is C15H21N5O. The molecule has 6 nitrogen and oxygen atoms in total. The third-order valence-corrected chi connectivity index (χ3v) is 3.00. The largest absolute Gasteiger partial charge is 0.366 e. The van der Waals surface area contributed by atoms with Gasteiger partial charge in [0.25, 0.3) is 0 Å². The minimum Gasteiger partial charge on any atom is -0.366 e. The molecule has 0 bridgehead atoms. The van der Waals surface area contributed by atoms with Gasteiger partial charge in [-0.05, 0) is 30.2 Å². The van der Waals surface area contributed by atoms with Crippen LogP contribution in [0.1, 0.15) is 35.5 Å². The van der Waals surface area contributed by atoms with Gasteiger partial charge in [-0.3, -0.25) is 4.79 Å². The molecule has 0 aliphatic rings. The lowest BCUT2D eigenvalue weighted by Gasteiger charge is -2.04. The first kappa shape index (κ1) is 15.2. The zero-order valence-corrected chi connectivity index (χ0v) is 12.4. The fourth-order valence-corrected chi connectivity index (χ4v) is 2.00. The highest BCUT2D eigenvalue weighted by atomic mass is 16.1. The quantitative estimate of drug-likeness (QED) is 0.800. The van der Waals surface area contributed by atoms with E-state index in [2.05, 4.69) is 29.5 Å². The summed E-state index contributed by atoms with van der Waals surface area (Å²) in [6, 6.07) is 7.23. The molecule has 1 amide bonds. The van der Waals surface area contributed by atoms with Crippen molar-refractivity contribution >= 4 is 5.91 Å². The van der Waals surface area contributed by atoms with Gasteiger partial charge in [0.2, 0.25) is 5.91 Å². The van der Waals surface area contributed by atoms with Gasteiger partial charge in [-0.15, -0.1) is 5.10 Å². The molecule has 2 aromatic rings. The van der Waals surface area contributed by atoms with E-state index in [1.807, 2.05) is 18.3 Å². The van der Waals surface area contributed by atoms with Crippen molar-refractivity contribution in [2.45, 2.75) is 26.9 Å². The Morgan fingerprint density at radius 1 is 1.43 bits per heavy atom. The second-order valence-corrected chi connectivity index (χ2v) is 5.50. The van der Waals surface area contributed by atoms with E-state index >= 15 is 0 Å². The number of rotatable bonds is 7. The summed E-state index contributed by atoms with van der Waals surface area (Å²) in [6.45, 7) is 6.55. The van der Waals surface area contributed by atoms with Gasteiger partial charge in [0.1, 0.15) is 0 Å². The average molecular weight is 287 g/mol. The van der Waals surface area contributed by atoms with Crippen LogP contribution in [0, 0.1) is 5.92 Å². The second kappa shape index (κ2) is 6.99. The van der Waals surface area contributed by atoms with Gasteiger partial charge in [0.15, 0.2) is 0 Å². The van der Waals surface area contributed by atoms with Crippen LogP contribution in [0.4, 0.5) is 0 Å². The molecule has 0 aliphatic carbocycles.